The highest BCUT2D eigenvalue weighted by Crippen LogP contribution is 2.21. The molecule has 2 heterocycles. The molecule has 2 aromatic carbocycles. The molecule has 0 aliphatic rings. The van der Waals surface area contributed by atoms with Crippen molar-refractivity contribution in [1.82, 2.24) is 10.3 Å². The van der Waals surface area contributed by atoms with Gasteiger partial charge in [-0.2, -0.15) is 0 Å². The van der Waals surface area contributed by atoms with E-state index in [2.05, 4.69) is 16.4 Å². The Labute approximate surface area is 175 Å². The van der Waals surface area contributed by atoms with E-state index in [1.54, 1.807) is 18.3 Å². The minimum Gasteiger partial charge on any atom is -0.486 e. The number of nitrogens with zero attached hydrogens (tertiary/aromatic N) is 2. The average Bonchev–Trinajstić information content (AvgIpc) is 3.25. The molecule has 0 bridgehead atoms. The summed E-state index contributed by atoms with van der Waals surface area (Å²) in [5, 5.41) is 5.12. The minimum atomic E-state index is -0.274. The van der Waals surface area contributed by atoms with Crippen LogP contribution in [0.4, 0.5) is 5.82 Å². The summed E-state index contributed by atoms with van der Waals surface area (Å²) in [5.74, 6) is 2.19. The standard InChI is InChI=1S/C24H23N3O3/c1-27(2)23-12-7-17(14-25-23)15-26-24(28)22-11-10-21(30-22)16-29-20-9-8-18-5-3-4-6-19(18)13-20/h3-14H,15-16H2,1-2H3,(H,26,28). The van der Waals surface area contributed by atoms with Crippen LogP contribution in [0.1, 0.15) is 21.9 Å². The molecule has 0 saturated carbocycles. The number of aromatic nitrogens is 1. The van der Waals surface area contributed by atoms with Crippen LogP contribution in [0.25, 0.3) is 10.8 Å². The van der Waals surface area contributed by atoms with Gasteiger partial charge in [-0.3, -0.25) is 4.79 Å². The topological polar surface area (TPSA) is 67.6 Å². The summed E-state index contributed by atoms with van der Waals surface area (Å²) in [4.78, 5) is 18.6. The van der Waals surface area contributed by atoms with Crippen LogP contribution >= 0.6 is 0 Å². The number of nitrogens with one attached hydrogen (secondary N) is 1. The molecule has 0 aliphatic heterocycles. The molecule has 152 valence electrons. The van der Waals surface area contributed by atoms with Gasteiger partial charge in [0.25, 0.3) is 5.91 Å². The molecular weight excluding hydrogens is 378 g/mol. The molecule has 6 heteroatoms. The van der Waals surface area contributed by atoms with E-state index < -0.39 is 0 Å². The molecular formula is C24H23N3O3. The lowest BCUT2D eigenvalue weighted by molar-refractivity contribution is 0.0919. The highest BCUT2D eigenvalue weighted by atomic mass is 16.5. The van der Waals surface area contributed by atoms with Gasteiger partial charge in [0.1, 0.15) is 23.9 Å². The molecule has 0 atom stereocenters. The molecule has 4 aromatic rings. The van der Waals surface area contributed by atoms with Gasteiger partial charge in [-0.15, -0.1) is 0 Å². The third-order valence-corrected chi connectivity index (χ3v) is 4.71. The predicted molar refractivity (Wildman–Crippen MR) is 117 cm³/mol. The fraction of sp³-hybridized carbons (Fsp3) is 0.167. The molecule has 0 radical (unpaired) electrons. The smallest absolute Gasteiger partial charge is 0.287 e. The number of carbonyl (C=O) groups is 1. The number of amides is 1. The Hall–Kier alpha value is -3.80. The summed E-state index contributed by atoms with van der Waals surface area (Å²) in [5.41, 5.74) is 0.917. The van der Waals surface area contributed by atoms with Gasteiger partial charge in [0.15, 0.2) is 5.76 Å². The Morgan fingerprint density at radius 2 is 1.87 bits per heavy atom. The molecule has 6 nitrogen and oxygen atoms in total. The number of pyridine rings is 1. The lowest BCUT2D eigenvalue weighted by atomic mass is 10.1. The molecule has 0 saturated heterocycles. The molecule has 30 heavy (non-hydrogen) atoms. The number of benzene rings is 2. The van der Waals surface area contributed by atoms with Gasteiger partial charge in [0.2, 0.25) is 0 Å². The SMILES string of the molecule is CN(C)c1ccc(CNC(=O)c2ccc(COc3ccc4ccccc4c3)o2)cn1. The lowest BCUT2D eigenvalue weighted by Gasteiger charge is -2.11. The summed E-state index contributed by atoms with van der Waals surface area (Å²) >= 11 is 0. The fourth-order valence-corrected chi connectivity index (χ4v) is 3.04. The van der Waals surface area contributed by atoms with Crippen molar-refractivity contribution in [2.24, 2.45) is 0 Å². The zero-order valence-corrected chi connectivity index (χ0v) is 17.0. The van der Waals surface area contributed by atoms with Gasteiger partial charge in [0, 0.05) is 26.8 Å². The number of furan rings is 1. The van der Waals surface area contributed by atoms with Crippen LogP contribution in [-0.2, 0) is 13.2 Å². The van der Waals surface area contributed by atoms with Crippen molar-refractivity contribution in [3.8, 4) is 5.75 Å². The van der Waals surface area contributed by atoms with Gasteiger partial charge in [-0.1, -0.05) is 36.4 Å². The minimum absolute atomic E-state index is 0.252. The fourth-order valence-electron chi connectivity index (χ4n) is 3.04. The number of hydrogen-bond acceptors (Lipinski definition) is 5. The first-order valence-electron chi connectivity index (χ1n) is 9.69. The summed E-state index contributed by atoms with van der Waals surface area (Å²) in [6.45, 7) is 0.630. The predicted octanol–water partition coefficient (Wildman–Crippen LogP) is 4.40. The van der Waals surface area contributed by atoms with Crippen LogP contribution in [-0.4, -0.2) is 25.0 Å². The monoisotopic (exact) mass is 401 g/mol. The number of carbonyl (C=O) groups excluding carboxylic acids is 1. The Balaban J connectivity index is 1.32. The van der Waals surface area contributed by atoms with Crippen LogP contribution < -0.4 is 15.0 Å². The molecule has 2 aromatic heterocycles. The van der Waals surface area contributed by atoms with E-state index in [1.807, 2.05) is 67.5 Å². The van der Waals surface area contributed by atoms with Crippen LogP contribution in [0, 0.1) is 0 Å². The van der Waals surface area contributed by atoms with Gasteiger partial charge in [-0.25, -0.2) is 4.98 Å². The van der Waals surface area contributed by atoms with Crippen molar-refractivity contribution in [2.45, 2.75) is 13.2 Å². The van der Waals surface area contributed by atoms with Crippen molar-refractivity contribution < 1.29 is 13.9 Å². The van der Waals surface area contributed by atoms with Crippen LogP contribution in [0.15, 0.2) is 77.3 Å². The van der Waals surface area contributed by atoms with Crippen LogP contribution in [0.2, 0.25) is 0 Å². The average molecular weight is 401 g/mol. The van der Waals surface area contributed by atoms with Gasteiger partial charge in [-0.05, 0) is 46.7 Å². The third-order valence-electron chi connectivity index (χ3n) is 4.71. The van der Waals surface area contributed by atoms with Crippen LogP contribution in [0.3, 0.4) is 0 Å². The Bertz CT molecular complexity index is 1150. The number of hydrogen-bond donors (Lipinski definition) is 1. The van der Waals surface area contributed by atoms with E-state index in [9.17, 15) is 4.79 Å². The van der Waals surface area contributed by atoms with E-state index in [0.717, 1.165) is 27.9 Å². The Morgan fingerprint density at radius 1 is 1.03 bits per heavy atom. The van der Waals surface area contributed by atoms with E-state index in [0.29, 0.717) is 12.3 Å². The first kappa shape index (κ1) is 19.5. The second-order valence-corrected chi connectivity index (χ2v) is 7.17. The number of ether oxygens (including phenoxy) is 1. The highest BCUT2D eigenvalue weighted by molar-refractivity contribution is 5.91. The summed E-state index contributed by atoms with van der Waals surface area (Å²) < 4.78 is 11.4. The van der Waals surface area contributed by atoms with Crippen molar-refractivity contribution in [3.63, 3.8) is 0 Å². The van der Waals surface area contributed by atoms with Crippen LogP contribution in [0.5, 0.6) is 5.75 Å². The Morgan fingerprint density at radius 3 is 2.63 bits per heavy atom. The van der Waals surface area contributed by atoms with Crippen molar-refractivity contribution in [1.29, 1.82) is 0 Å². The first-order chi connectivity index (χ1) is 14.6. The Kier molecular flexibility index (Phi) is 5.66. The molecule has 4 rings (SSSR count). The molecule has 0 aliphatic carbocycles. The maximum atomic E-state index is 12.4. The normalized spacial score (nSPS) is 10.7. The zero-order valence-electron chi connectivity index (χ0n) is 17.0. The van der Waals surface area contributed by atoms with Gasteiger partial charge >= 0.3 is 0 Å². The summed E-state index contributed by atoms with van der Waals surface area (Å²) in [7, 11) is 3.87. The number of fused-ring (bicyclic) bond motifs is 1. The lowest BCUT2D eigenvalue weighted by Crippen LogP contribution is -2.22. The summed E-state index contributed by atoms with van der Waals surface area (Å²) in [6.07, 6.45) is 1.75. The van der Waals surface area contributed by atoms with Crippen molar-refractivity contribution in [3.05, 3.63) is 90.0 Å². The van der Waals surface area contributed by atoms with Gasteiger partial charge in [0.05, 0.1) is 0 Å². The molecule has 1 amide bonds. The van der Waals surface area contributed by atoms with Gasteiger partial charge < -0.3 is 19.4 Å². The number of rotatable bonds is 7. The highest BCUT2D eigenvalue weighted by Gasteiger charge is 2.12. The zero-order chi connectivity index (χ0) is 20.9. The van der Waals surface area contributed by atoms with E-state index in [4.69, 9.17) is 9.15 Å². The maximum absolute atomic E-state index is 12.4. The largest absolute Gasteiger partial charge is 0.486 e. The first-order valence-corrected chi connectivity index (χ1v) is 9.69. The molecule has 0 fully saturated rings. The molecule has 0 unspecified atom stereocenters. The van der Waals surface area contributed by atoms with Crippen molar-refractivity contribution in [2.75, 3.05) is 19.0 Å². The number of anilines is 1. The van der Waals surface area contributed by atoms with Crippen molar-refractivity contribution >= 4 is 22.5 Å². The third kappa shape index (κ3) is 4.60. The summed E-state index contributed by atoms with van der Waals surface area (Å²) in [6, 6.07) is 21.3. The maximum Gasteiger partial charge on any atom is 0.287 e. The van der Waals surface area contributed by atoms with E-state index in [-0.39, 0.29) is 18.3 Å². The quantitative estimate of drug-likeness (QED) is 0.497. The second kappa shape index (κ2) is 8.69. The van der Waals surface area contributed by atoms with E-state index in [1.165, 1.54) is 0 Å². The second-order valence-electron chi connectivity index (χ2n) is 7.17. The van der Waals surface area contributed by atoms with E-state index >= 15 is 0 Å². The molecule has 1 N–H and O–H groups in total. The molecule has 0 spiro atoms.